The van der Waals surface area contributed by atoms with Crippen LogP contribution in [-0.2, 0) is 0 Å². The van der Waals surface area contributed by atoms with Crippen LogP contribution in [0, 0.1) is 6.92 Å². The van der Waals surface area contributed by atoms with Gasteiger partial charge in [-0.1, -0.05) is 12.1 Å². The maximum absolute atomic E-state index is 12.6. The molecule has 0 atom stereocenters. The lowest BCUT2D eigenvalue weighted by molar-refractivity contribution is 0.0637. The second-order valence-electron chi connectivity index (χ2n) is 5.60. The number of rotatable bonds is 4. The van der Waals surface area contributed by atoms with Crippen molar-refractivity contribution in [2.24, 2.45) is 0 Å². The normalized spacial score (nSPS) is 15.7. The summed E-state index contributed by atoms with van der Waals surface area (Å²) in [6.07, 6.45) is 1.63. The number of pyridine rings is 1. The summed E-state index contributed by atoms with van der Waals surface area (Å²) in [5.74, 6) is 1.32. The van der Waals surface area contributed by atoms with Crippen molar-refractivity contribution in [2.75, 3.05) is 38.0 Å². The molecule has 3 rings (SSSR count). The van der Waals surface area contributed by atoms with Crippen molar-refractivity contribution in [3.8, 4) is 0 Å². The molecule has 2 aromatic heterocycles. The number of nitrogens with zero attached hydrogens (tertiary/aromatic N) is 4. The van der Waals surface area contributed by atoms with Crippen LogP contribution in [0.2, 0.25) is 0 Å². The summed E-state index contributed by atoms with van der Waals surface area (Å²) in [4.78, 5) is 21.0. The first-order valence-corrected chi connectivity index (χ1v) is 7.83. The SMILES string of the molecule is CCN1CCN(C(=O)c2cc(Nc3cc(C)on3)ccn2)CC1. The average Bonchev–Trinajstić information content (AvgIpc) is 2.99. The Hall–Kier alpha value is -2.41. The highest BCUT2D eigenvalue weighted by Crippen LogP contribution is 2.17. The Morgan fingerprint density at radius 2 is 2.09 bits per heavy atom. The molecule has 7 nitrogen and oxygen atoms in total. The van der Waals surface area contributed by atoms with E-state index in [1.54, 1.807) is 24.4 Å². The second-order valence-corrected chi connectivity index (χ2v) is 5.60. The van der Waals surface area contributed by atoms with Gasteiger partial charge in [0.25, 0.3) is 5.91 Å². The second kappa shape index (κ2) is 6.78. The molecule has 23 heavy (non-hydrogen) atoms. The van der Waals surface area contributed by atoms with E-state index in [1.165, 1.54) is 0 Å². The minimum absolute atomic E-state index is 0.0271. The van der Waals surface area contributed by atoms with E-state index in [0.29, 0.717) is 11.5 Å². The van der Waals surface area contributed by atoms with E-state index in [1.807, 2.05) is 11.8 Å². The van der Waals surface area contributed by atoms with Gasteiger partial charge in [0, 0.05) is 44.1 Å². The average molecular weight is 315 g/mol. The molecule has 0 aliphatic carbocycles. The van der Waals surface area contributed by atoms with Crippen molar-refractivity contribution in [3.05, 3.63) is 35.9 Å². The summed E-state index contributed by atoms with van der Waals surface area (Å²) in [5, 5.41) is 7.00. The van der Waals surface area contributed by atoms with Crippen LogP contribution >= 0.6 is 0 Å². The van der Waals surface area contributed by atoms with E-state index >= 15 is 0 Å². The fourth-order valence-corrected chi connectivity index (χ4v) is 2.63. The van der Waals surface area contributed by atoms with Crippen LogP contribution in [-0.4, -0.2) is 58.6 Å². The van der Waals surface area contributed by atoms with Crippen molar-refractivity contribution in [2.45, 2.75) is 13.8 Å². The van der Waals surface area contributed by atoms with Crippen molar-refractivity contribution >= 4 is 17.4 Å². The minimum atomic E-state index is -0.0271. The van der Waals surface area contributed by atoms with E-state index < -0.39 is 0 Å². The van der Waals surface area contributed by atoms with Gasteiger partial charge in [-0.2, -0.15) is 0 Å². The third-order valence-electron chi connectivity index (χ3n) is 3.99. The fourth-order valence-electron chi connectivity index (χ4n) is 2.63. The molecule has 2 aromatic rings. The monoisotopic (exact) mass is 315 g/mol. The molecule has 0 bridgehead atoms. The Morgan fingerprint density at radius 3 is 2.74 bits per heavy atom. The molecule has 7 heteroatoms. The number of piperazine rings is 1. The molecule has 1 N–H and O–H groups in total. The third-order valence-corrected chi connectivity index (χ3v) is 3.99. The lowest BCUT2D eigenvalue weighted by Crippen LogP contribution is -2.48. The Bertz CT molecular complexity index is 677. The van der Waals surface area contributed by atoms with Crippen molar-refractivity contribution < 1.29 is 9.32 Å². The van der Waals surface area contributed by atoms with Crippen LogP contribution in [0.15, 0.2) is 28.9 Å². The number of hydrogen-bond acceptors (Lipinski definition) is 6. The highest BCUT2D eigenvalue weighted by atomic mass is 16.5. The summed E-state index contributed by atoms with van der Waals surface area (Å²) >= 11 is 0. The molecule has 3 heterocycles. The molecule has 0 spiro atoms. The van der Waals surface area contributed by atoms with Crippen LogP contribution in [0.4, 0.5) is 11.5 Å². The number of amides is 1. The lowest BCUT2D eigenvalue weighted by atomic mass is 10.2. The number of carbonyl (C=O) groups excluding carboxylic acids is 1. The van der Waals surface area contributed by atoms with Crippen molar-refractivity contribution in [1.82, 2.24) is 19.9 Å². The van der Waals surface area contributed by atoms with Gasteiger partial charge in [0.1, 0.15) is 11.5 Å². The Morgan fingerprint density at radius 1 is 1.30 bits per heavy atom. The zero-order valence-electron chi connectivity index (χ0n) is 13.5. The van der Waals surface area contributed by atoms with E-state index in [-0.39, 0.29) is 5.91 Å². The van der Waals surface area contributed by atoms with Gasteiger partial charge in [-0.3, -0.25) is 9.78 Å². The van der Waals surface area contributed by atoms with Crippen LogP contribution in [0.3, 0.4) is 0 Å². The summed E-state index contributed by atoms with van der Waals surface area (Å²) in [5.41, 5.74) is 1.21. The molecule has 0 aromatic carbocycles. The van der Waals surface area contributed by atoms with E-state index in [4.69, 9.17) is 4.52 Å². The zero-order valence-corrected chi connectivity index (χ0v) is 13.5. The van der Waals surface area contributed by atoms with Gasteiger partial charge >= 0.3 is 0 Å². The molecule has 1 fully saturated rings. The van der Waals surface area contributed by atoms with Gasteiger partial charge in [0.05, 0.1) is 0 Å². The van der Waals surface area contributed by atoms with E-state index in [2.05, 4.69) is 27.3 Å². The number of hydrogen-bond donors (Lipinski definition) is 1. The topological polar surface area (TPSA) is 74.5 Å². The number of anilines is 2. The van der Waals surface area contributed by atoms with Crippen LogP contribution in [0.25, 0.3) is 0 Å². The molecule has 1 saturated heterocycles. The Labute approximate surface area is 135 Å². The van der Waals surface area contributed by atoms with Crippen LogP contribution < -0.4 is 5.32 Å². The molecule has 122 valence electrons. The fraction of sp³-hybridized carbons (Fsp3) is 0.438. The molecule has 1 amide bonds. The van der Waals surface area contributed by atoms with Crippen LogP contribution in [0.1, 0.15) is 23.2 Å². The largest absolute Gasteiger partial charge is 0.360 e. The predicted molar refractivity (Wildman–Crippen MR) is 86.8 cm³/mol. The smallest absolute Gasteiger partial charge is 0.272 e. The Kier molecular flexibility index (Phi) is 4.57. The van der Waals surface area contributed by atoms with Crippen molar-refractivity contribution in [3.63, 3.8) is 0 Å². The molecular weight excluding hydrogens is 294 g/mol. The highest BCUT2D eigenvalue weighted by molar-refractivity contribution is 5.93. The zero-order chi connectivity index (χ0) is 16.2. The van der Waals surface area contributed by atoms with E-state index in [9.17, 15) is 4.79 Å². The lowest BCUT2D eigenvalue weighted by Gasteiger charge is -2.33. The van der Waals surface area contributed by atoms with Gasteiger partial charge in [0.15, 0.2) is 5.82 Å². The number of carbonyl (C=O) groups is 1. The number of likely N-dealkylation sites (N-methyl/N-ethyl adjacent to an activating group) is 1. The maximum Gasteiger partial charge on any atom is 0.272 e. The minimum Gasteiger partial charge on any atom is -0.360 e. The highest BCUT2D eigenvalue weighted by Gasteiger charge is 2.22. The van der Waals surface area contributed by atoms with Gasteiger partial charge in [-0.25, -0.2) is 0 Å². The van der Waals surface area contributed by atoms with Crippen LogP contribution in [0.5, 0.6) is 0 Å². The summed E-state index contributed by atoms with van der Waals surface area (Å²) in [6, 6.07) is 5.35. The van der Waals surface area contributed by atoms with E-state index in [0.717, 1.165) is 44.2 Å². The first-order chi connectivity index (χ1) is 11.2. The summed E-state index contributed by atoms with van der Waals surface area (Å²) in [6.45, 7) is 8.31. The number of aryl methyl sites for hydroxylation is 1. The molecular formula is C16H21N5O2. The van der Waals surface area contributed by atoms with Gasteiger partial charge in [-0.05, 0) is 25.6 Å². The predicted octanol–water partition coefficient (Wildman–Crippen LogP) is 1.90. The van der Waals surface area contributed by atoms with Gasteiger partial charge in [-0.15, -0.1) is 0 Å². The molecule has 1 aliphatic rings. The third kappa shape index (κ3) is 3.68. The number of aromatic nitrogens is 2. The molecule has 0 unspecified atom stereocenters. The summed E-state index contributed by atoms with van der Waals surface area (Å²) in [7, 11) is 0. The summed E-state index contributed by atoms with van der Waals surface area (Å²) < 4.78 is 5.02. The van der Waals surface area contributed by atoms with Crippen molar-refractivity contribution in [1.29, 1.82) is 0 Å². The quantitative estimate of drug-likeness (QED) is 0.929. The molecule has 0 radical (unpaired) electrons. The standard InChI is InChI=1S/C16H21N5O2/c1-3-20-6-8-21(9-7-20)16(22)14-11-13(4-5-17-14)18-15-10-12(2)23-19-15/h4-5,10-11H,3,6-9H2,1-2H3,(H,17,18,19). The first kappa shape index (κ1) is 15.5. The first-order valence-electron chi connectivity index (χ1n) is 7.83. The molecule has 1 aliphatic heterocycles. The van der Waals surface area contributed by atoms with Gasteiger partial charge < -0.3 is 19.6 Å². The number of nitrogens with one attached hydrogen (secondary N) is 1. The Balaban J connectivity index is 1.68. The maximum atomic E-state index is 12.6. The molecule has 0 saturated carbocycles. The van der Waals surface area contributed by atoms with Gasteiger partial charge in [0.2, 0.25) is 0 Å².